The van der Waals surface area contributed by atoms with Gasteiger partial charge in [0, 0.05) is 0 Å². The van der Waals surface area contributed by atoms with Gasteiger partial charge in [-0.1, -0.05) is 0 Å². The Morgan fingerprint density at radius 2 is 1.75 bits per heavy atom. The topological polar surface area (TPSA) is 9.23 Å². The van der Waals surface area contributed by atoms with Gasteiger partial charge in [0.05, 0.1) is 0 Å². The van der Waals surface area contributed by atoms with Crippen molar-refractivity contribution in [3.8, 4) is 0 Å². The monoisotopic (exact) mass is 286 g/mol. The van der Waals surface area contributed by atoms with Crippen LogP contribution in [-0.4, -0.2) is 2.43 Å². The minimum atomic E-state index is 0.220. The van der Waals surface area contributed by atoms with Gasteiger partial charge in [0.2, 0.25) is 0 Å². The Labute approximate surface area is 46.7 Å². The summed E-state index contributed by atoms with van der Waals surface area (Å²) in [5.74, 6) is 0. The van der Waals surface area contributed by atoms with Crippen LogP contribution in [0.25, 0.3) is 0 Å². The van der Waals surface area contributed by atoms with Gasteiger partial charge in [-0.2, -0.15) is 0 Å². The minimum absolute atomic E-state index is 0.220. The number of hydrogen-bond donors (Lipinski definition) is 0. The molecular weight excluding hydrogens is 282 g/mol. The van der Waals surface area contributed by atoms with E-state index >= 15 is 0 Å². The van der Waals surface area contributed by atoms with Gasteiger partial charge in [0.25, 0.3) is 0 Å². The zero-order valence-corrected chi connectivity index (χ0v) is 6.59. The Morgan fingerprint density at radius 3 is 1.75 bits per heavy atom. The summed E-state index contributed by atoms with van der Waals surface area (Å²) < 4.78 is 6.52. The van der Waals surface area contributed by atoms with Crippen LogP contribution >= 0.6 is 43.2 Å². The third-order valence-corrected chi connectivity index (χ3v) is 8.66. The van der Waals surface area contributed by atoms with E-state index in [4.69, 9.17) is 1.40 Å². The molecule has 1 heterocycles. The second kappa shape index (κ2) is 1.76. The van der Waals surface area contributed by atoms with Crippen molar-refractivity contribution in [2.45, 2.75) is 0 Å². The van der Waals surface area contributed by atoms with Crippen LogP contribution in [0.2, 0.25) is 0 Å². The quantitative estimate of drug-likeness (QED) is 0.480. The van der Waals surface area contributed by atoms with E-state index in [9.17, 15) is 0 Å². The van der Waals surface area contributed by atoms with Crippen LogP contribution in [0.1, 0.15) is 0 Å². The molecule has 0 radical (unpaired) electrons. The molecule has 1 aliphatic rings. The van der Waals surface area contributed by atoms with Crippen LogP contribution in [0.3, 0.4) is 0 Å². The molecule has 28 valence electrons. The first kappa shape index (κ1) is 3.60. The molecule has 0 atom stereocenters. The molecule has 1 saturated heterocycles. The van der Waals surface area contributed by atoms with E-state index in [-0.39, 0.29) is 43.2 Å². The Morgan fingerprint density at radius 1 is 1.50 bits per heavy atom. The van der Waals surface area contributed by atoms with E-state index in [1.54, 1.807) is 0 Å². The van der Waals surface area contributed by atoms with E-state index < -0.39 is 0 Å². The predicted molar refractivity (Wildman–Crippen MR) is 36.8 cm³/mol. The first-order valence-corrected chi connectivity index (χ1v) is 6.11. The summed E-state index contributed by atoms with van der Waals surface area (Å²) in [5.41, 5.74) is 0. The van der Waals surface area contributed by atoms with Crippen molar-refractivity contribution in [2.75, 3.05) is 2.43 Å². The normalized spacial score (nSPS) is 28.0. The van der Waals surface area contributed by atoms with Crippen molar-refractivity contribution >= 4 is 43.2 Å². The van der Waals surface area contributed by atoms with Gasteiger partial charge in [-0.3, -0.25) is 0 Å². The Balaban J connectivity index is 2.00. The van der Waals surface area contributed by atoms with Gasteiger partial charge in [0.15, 0.2) is 0 Å². The number of rotatable bonds is 0. The van der Waals surface area contributed by atoms with E-state index in [2.05, 4.69) is 0 Å². The van der Waals surface area contributed by atoms with Gasteiger partial charge in [-0.05, 0) is 0 Å². The van der Waals surface area contributed by atoms with E-state index in [1.807, 2.05) is 0 Å². The first-order valence-electron chi connectivity index (χ1n) is 0.911. The summed E-state index contributed by atoms with van der Waals surface area (Å²) in [7, 11) is 0. The zero-order valence-electron chi connectivity index (χ0n) is 1.93. The van der Waals surface area contributed by atoms with Crippen LogP contribution in [0.4, 0.5) is 0 Å². The van der Waals surface area contributed by atoms with Gasteiger partial charge < -0.3 is 0 Å². The average Bonchev–Trinajstić information content (AvgIpc) is 0.722. The summed E-state index contributed by atoms with van der Waals surface area (Å²) >= 11 is 0.440. The Hall–Kier alpha value is 1.42. The van der Waals surface area contributed by atoms with Crippen molar-refractivity contribution in [3.05, 3.63) is 0 Å². The van der Waals surface area contributed by atoms with E-state index in [1.165, 1.54) is 2.43 Å². The van der Waals surface area contributed by atoms with Crippen LogP contribution < -0.4 is 0 Å². The molecule has 0 saturated carbocycles. The number of alkyl halides is 2. The van der Waals surface area contributed by atoms with Gasteiger partial charge >= 0.3 is 47.1 Å². The number of halogens is 2. The van der Waals surface area contributed by atoms with Crippen molar-refractivity contribution in [3.63, 3.8) is 0 Å². The standard InChI is InChI=1S/CH4I2O/c1-2-4-3-1/h2-3H,1H2. The molecule has 1 rings (SSSR count). The SMILES string of the molecule is C1[IH]O[IH]1. The van der Waals surface area contributed by atoms with Crippen molar-refractivity contribution in [1.29, 1.82) is 0 Å². The Bertz CT molecular complexity index is 14.0. The molecule has 0 spiro atoms. The third kappa shape index (κ3) is 0.682. The molecule has 0 aliphatic carbocycles. The average molecular weight is 286 g/mol. The van der Waals surface area contributed by atoms with Crippen LogP contribution in [0, 0.1) is 0 Å². The van der Waals surface area contributed by atoms with E-state index in [0.717, 1.165) is 0 Å². The maximum atomic E-state index is 4.98. The van der Waals surface area contributed by atoms with Crippen molar-refractivity contribution in [2.24, 2.45) is 0 Å². The number of hydrogen-bond acceptors (Lipinski definition) is 1. The summed E-state index contributed by atoms with van der Waals surface area (Å²) in [5, 5.41) is 0. The fourth-order valence-electron chi connectivity index (χ4n) is 0.0481. The molecule has 0 aromatic rings. The van der Waals surface area contributed by atoms with E-state index in [0.29, 0.717) is 0 Å². The molecular formula is CH4I2O. The molecule has 0 aromatic heterocycles. The van der Waals surface area contributed by atoms with Crippen LogP contribution in [0.15, 0.2) is 0 Å². The molecule has 0 bridgehead atoms. The molecule has 3 heteroatoms. The van der Waals surface area contributed by atoms with Gasteiger partial charge in [-0.15, -0.1) is 0 Å². The molecule has 0 unspecified atom stereocenters. The van der Waals surface area contributed by atoms with Gasteiger partial charge in [-0.25, -0.2) is 0 Å². The second-order valence-corrected chi connectivity index (χ2v) is 9.95. The second-order valence-electron chi connectivity index (χ2n) is 0.422. The Kier molecular flexibility index (Phi) is 1.59. The summed E-state index contributed by atoms with van der Waals surface area (Å²) in [6.45, 7) is 0. The molecule has 1 fully saturated rings. The van der Waals surface area contributed by atoms with Crippen LogP contribution in [0.5, 0.6) is 0 Å². The molecule has 1 aliphatic heterocycles. The zero-order chi connectivity index (χ0) is 2.83. The molecule has 1 nitrogen and oxygen atoms in total. The molecule has 0 amide bonds. The molecule has 0 aromatic carbocycles. The van der Waals surface area contributed by atoms with Crippen molar-refractivity contribution < 1.29 is 1.40 Å². The molecule has 0 N–H and O–H groups in total. The fourth-order valence-corrected chi connectivity index (χ4v) is 2.17. The third-order valence-electron chi connectivity index (χ3n) is 0.192. The summed E-state index contributed by atoms with van der Waals surface area (Å²) in [6, 6.07) is 0. The van der Waals surface area contributed by atoms with Crippen LogP contribution in [-0.2, 0) is 1.40 Å². The molecule has 4 heavy (non-hydrogen) atoms. The summed E-state index contributed by atoms with van der Waals surface area (Å²) in [4.78, 5) is 0. The fraction of sp³-hybridized carbons (Fsp3) is 1.00. The predicted octanol–water partition coefficient (Wildman–Crippen LogP) is 1.21. The van der Waals surface area contributed by atoms with Gasteiger partial charge in [0.1, 0.15) is 0 Å². The van der Waals surface area contributed by atoms with Crippen molar-refractivity contribution in [1.82, 2.24) is 0 Å². The summed E-state index contributed by atoms with van der Waals surface area (Å²) in [6.07, 6.45) is 0. The maximum absolute atomic E-state index is 4.98. The first-order chi connectivity index (χ1) is 2.00.